The molecule has 1 aromatic carbocycles. The number of fused-ring (bicyclic) bond motifs is 2. The van der Waals surface area contributed by atoms with Crippen molar-refractivity contribution in [3.63, 3.8) is 0 Å². The second kappa shape index (κ2) is 7.21. The Morgan fingerprint density at radius 1 is 1.12 bits per heavy atom. The predicted octanol–water partition coefficient (Wildman–Crippen LogP) is 2.18. The average molecular weight is 330 g/mol. The number of carbonyl (C=O) groups is 2. The zero-order chi connectivity index (χ0) is 17.1. The van der Waals surface area contributed by atoms with Gasteiger partial charge in [-0.25, -0.2) is 4.79 Å². The summed E-state index contributed by atoms with van der Waals surface area (Å²) in [6.07, 6.45) is 3.21. The van der Waals surface area contributed by atoms with Crippen LogP contribution in [0.4, 0.5) is 10.5 Å². The van der Waals surface area contributed by atoms with Gasteiger partial charge in [0.05, 0.1) is 0 Å². The number of nitrogens with one attached hydrogen (secondary N) is 3. The maximum absolute atomic E-state index is 12.9. The Morgan fingerprint density at radius 3 is 2.54 bits per heavy atom. The highest BCUT2D eigenvalue weighted by molar-refractivity contribution is 5.96. The molecule has 0 aromatic heterocycles. The first-order valence-corrected chi connectivity index (χ1v) is 8.75. The number of hydrogen-bond donors (Lipinski definition) is 3. The molecule has 3 N–H and O–H groups in total. The van der Waals surface area contributed by atoms with E-state index in [1.54, 1.807) is 24.3 Å². The Labute approximate surface area is 143 Å². The van der Waals surface area contributed by atoms with Crippen LogP contribution in [-0.4, -0.2) is 48.1 Å². The smallest absolute Gasteiger partial charge is 0.319 e. The highest BCUT2D eigenvalue weighted by Crippen LogP contribution is 2.29. The molecule has 2 bridgehead atoms. The number of anilines is 1. The van der Waals surface area contributed by atoms with E-state index >= 15 is 0 Å². The van der Waals surface area contributed by atoms with E-state index in [9.17, 15) is 9.59 Å². The topological polar surface area (TPSA) is 73.5 Å². The van der Waals surface area contributed by atoms with Crippen molar-refractivity contribution < 1.29 is 9.59 Å². The zero-order valence-corrected chi connectivity index (χ0v) is 14.3. The minimum atomic E-state index is -0.235. The number of benzene rings is 1. The quantitative estimate of drug-likeness (QED) is 0.795. The minimum Gasteiger partial charge on any atom is -0.336 e. The van der Waals surface area contributed by atoms with Gasteiger partial charge in [-0.3, -0.25) is 4.79 Å². The van der Waals surface area contributed by atoms with Crippen LogP contribution in [0.2, 0.25) is 0 Å². The van der Waals surface area contributed by atoms with Crippen molar-refractivity contribution in [1.29, 1.82) is 0 Å². The van der Waals surface area contributed by atoms with Gasteiger partial charge in [-0.1, -0.05) is 0 Å². The normalized spacial score (nSPS) is 23.0. The van der Waals surface area contributed by atoms with Crippen molar-refractivity contribution in [3.05, 3.63) is 29.8 Å². The zero-order valence-electron chi connectivity index (χ0n) is 14.3. The van der Waals surface area contributed by atoms with Crippen LogP contribution < -0.4 is 16.0 Å². The third-order valence-corrected chi connectivity index (χ3v) is 4.70. The van der Waals surface area contributed by atoms with Gasteiger partial charge in [0.25, 0.3) is 5.91 Å². The molecule has 130 valence electrons. The van der Waals surface area contributed by atoms with Gasteiger partial charge in [0.1, 0.15) is 0 Å². The van der Waals surface area contributed by atoms with E-state index in [2.05, 4.69) is 20.9 Å². The summed E-state index contributed by atoms with van der Waals surface area (Å²) < 4.78 is 0. The van der Waals surface area contributed by atoms with Crippen molar-refractivity contribution in [2.75, 3.05) is 18.4 Å². The summed E-state index contributed by atoms with van der Waals surface area (Å²) in [7, 11) is 0. The number of nitrogens with zero attached hydrogens (tertiary/aromatic N) is 1. The highest BCUT2D eigenvalue weighted by atomic mass is 16.2. The number of carbonyl (C=O) groups excluding carboxylic acids is 2. The molecule has 2 aliphatic heterocycles. The Balaban J connectivity index is 1.67. The van der Waals surface area contributed by atoms with Crippen molar-refractivity contribution >= 4 is 17.6 Å². The van der Waals surface area contributed by atoms with Crippen LogP contribution in [0.5, 0.6) is 0 Å². The number of rotatable bonds is 3. The van der Waals surface area contributed by atoms with Gasteiger partial charge in [0.2, 0.25) is 0 Å². The molecule has 1 aromatic rings. The number of hydrogen-bond acceptors (Lipinski definition) is 3. The van der Waals surface area contributed by atoms with Gasteiger partial charge < -0.3 is 20.9 Å². The van der Waals surface area contributed by atoms with Crippen LogP contribution in [0, 0.1) is 0 Å². The number of urea groups is 1. The van der Waals surface area contributed by atoms with Crippen molar-refractivity contribution in [2.24, 2.45) is 0 Å². The van der Waals surface area contributed by atoms with Crippen LogP contribution in [0.15, 0.2) is 24.3 Å². The van der Waals surface area contributed by atoms with E-state index < -0.39 is 0 Å². The molecule has 0 spiro atoms. The molecule has 0 aliphatic carbocycles. The fourth-order valence-electron chi connectivity index (χ4n) is 3.59. The molecular weight excluding hydrogens is 304 g/mol. The van der Waals surface area contributed by atoms with Crippen LogP contribution >= 0.6 is 0 Å². The second-order valence-electron chi connectivity index (χ2n) is 6.92. The lowest BCUT2D eigenvalue weighted by Crippen LogP contribution is -2.42. The minimum absolute atomic E-state index is 0.0815. The van der Waals surface area contributed by atoms with Gasteiger partial charge >= 0.3 is 6.03 Å². The molecular formula is C18H26N4O2. The molecule has 2 unspecified atom stereocenters. The van der Waals surface area contributed by atoms with Gasteiger partial charge in [0, 0.05) is 35.9 Å². The van der Waals surface area contributed by atoms with Crippen LogP contribution in [-0.2, 0) is 0 Å². The van der Waals surface area contributed by atoms with Crippen molar-refractivity contribution in [2.45, 2.75) is 51.2 Å². The summed E-state index contributed by atoms with van der Waals surface area (Å²) in [5.74, 6) is 0.101. The molecule has 2 aliphatic rings. The monoisotopic (exact) mass is 330 g/mol. The van der Waals surface area contributed by atoms with E-state index in [-0.39, 0.29) is 18.0 Å². The Kier molecular flexibility index (Phi) is 5.04. The standard InChI is InChI=1S/C18H26N4O2/c1-12(2)20-18(24)21-14-5-3-13(4-6-14)17(23)22-15-7-8-16(22)11-19-10-9-15/h3-6,12,15-16,19H,7-11H2,1-2H3,(H2,20,21,24). The molecule has 2 saturated heterocycles. The molecule has 2 atom stereocenters. The summed E-state index contributed by atoms with van der Waals surface area (Å²) in [4.78, 5) is 26.7. The first-order valence-electron chi connectivity index (χ1n) is 8.75. The Hall–Kier alpha value is -2.08. The van der Waals surface area contributed by atoms with Crippen LogP contribution in [0.1, 0.15) is 43.5 Å². The number of amides is 3. The van der Waals surface area contributed by atoms with Gasteiger partial charge in [-0.15, -0.1) is 0 Å². The summed E-state index contributed by atoms with van der Waals surface area (Å²) in [5, 5.41) is 8.96. The summed E-state index contributed by atoms with van der Waals surface area (Å²) in [6.45, 7) is 5.69. The van der Waals surface area contributed by atoms with Crippen LogP contribution in [0.25, 0.3) is 0 Å². The van der Waals surface area contributed by atoms with E-state index in [0.29, 0.717) is 23.3 Å². The molecule has 0 radical (unpaired) electrons. The Bertz CT molecular complexity index is 586. The predicted molar refractivity (Wildman–Crippen MR) is 94.2 cm³/mol. The van der Waals surface area contributed by atoms with Crippen molar-refractivity contribution in [1.82, 2.24) is 15.5 Å². The molecule has 6 heteroatoms. The molecule has 3 rings (SSSR count). The third kappa shape index (κ3) is 3.70. The highest BCUT2D eigenvalue weighted by Gasteiger charge is 2.38. The maximum Gasteiger partial charge on any atom is 0.319 e. The average Bonchev–Trinajstić information content (AvgIpc) is 2.79. The molecule has 24 heavy (non-hydrogen) atoms. The third-order valence-electron chi connectivity index (χ3n) is 4.70. The van der Waals surface area contributed by atoms with E-state index in [1.807, 2.05) is 13.8 Å². The van der Waals surface area contributed by atoms with Gasteiger partial charge in [0.15, 0.2) is 0 Å². The molecule has 0 saturated carbocycles. The fourth-order valence-corrected chi connectivity index (χ4v) is 3.59. The Morgan fingerprint density at radius 2 is 1.83 bits per heavy atom. The largest absolute Gasteiger partial charge is 0.336 e. The summed E-state index contributed by atoms with van der Waals surface area (Å²) in [5.41, 5.74) is 1.37. The first-order chi connectivity index (χ1) is 11.5. The summed E-state index contributed by atoms with van der Waals surface area (Å²) >= 11 is 0. The lowest BCUT2D eigenvalue weighted by molar-refractivity contribution is 0.0680. The molecule has 2 heterocycles. The van der Waals surface area contributed by atoms with Gasteiger partial charge in [-0.2, -0.15) is 0 Å². The molecule has 2 fully saturated rings. The van der Waals surface area contributed by atoms with E-state index in [4.69, 9.17) is 0 Å². The SMILES string of the molecule is CC(C)NC(=O)Nc1ccc(C(=O)N2C3CCNCC2CC3)cc1. The van der Waals surface area contributed by atoms with Gasteiger partial charge in [-0.05, 0) is 63.9 Å². The maximum atomic E-state index is 12.9. The van der Waals surface area contributed by atoms with Crippen LogP contribution in [0.3, 0.4) is 0 Å². The fraction of sp³-hybridized carbons (Fsp3) is 0.556. The lowest BCUT2D eigenvalue weighted by atomic mass is 10.1. The van der Waals surface area contributed by atoms with E-state index in [0.717, 1.165) is 32.4 Å². The molecule has 3 amide bonds. The van der Waals surface area contributed by atoms with E-state index in [1.165, 1.54) is 0 Å². The molecule has 6 nitrogen and oxygen atoms in total. The lowest BCUT2D eigenvalue weighted by Gasteiger charge is -2.28. The summed E-state index contributed by atoms with van der Waals surface area (Å²) in [6, 6.07) is 7.66. The van der Waals surface area contributed by atoms with Crippen molar-refractivity contribution in [3.8, 4) is 0 Å². The first kappa shape index (κ1) is 16.8. The second-order valence-corrected chi connectivity index (χ2v) is 6.92.